The monoisotopic (exact) mass is 275 g/mol. The quantitative estimate of drug-likeness (QED) is 0.800. The van der Waals surface area contributed by atoms with Crippen molar-refractivity contribution in [3.8, 4) is 6.07 Å². The minimum absolute atomic E-state index is 0.257. The van der Waals surface area contributed by atoms with Crippen LogP contribution in [-0.2, 0) is 0 Å². The molecule has 0 amide bonds. The fraction of sp³-hybridized carbons (Fsp3) is 0.357. The maximum absolute atomic E-state index is 9.32. The number of halogens is 1. The van der Waals surface area contributed by atoms with Crippen molar-refractivity contribution in [3.05, 3.63) is 34.9 Å². The summed E-state index contributed by atoms with van der Waals surface area (Å²) < 4.78 is 1.71. The number of nitrogens with zero attached hydrogens (tertiary/aromatic N) is 3. The number of hydrazone groups is 1. The predicted octanol–water partition coefficient (Wildman–Crippen LogP) is 2.37. The lowest BCUT2D eigenvalue weighted by molar-refractivity contribution is -0.600. The lowest BCUT2D eigenvalue weighted by Gasteiger charge is -2.15. The largest absolute Gasteiger partial charge is 0.292 e. The number of hydrogen-bond donors (Lipinski definition) is 1. The van der Waals surface area contributed by atoms with Crippen LogP contribution >= 0.6 is 11.6 Å². The first kappa shape index (κ1) is 13.6. The topological polar surface area (TPSA) is 65.2 Å². The summed E-state index contributed by atoms with van der Waals surface area (Å²) in [7, 11) is 0. The molecule has 0 saturated heterocycles. The van der Waals surface area contributed by atoms with Gasteiger partial charge in [-0.3, -0.25) is 5.73 Å². The van der Waals surface area contributed by atoms with Crippen LogP contribution in [0.4, 0.5) is 0 Å². The SMILES string of the molecule is CC(C)(C)[N+]1=C(N)[C@@H](C#N)C(c2ccc(Cl)cc2)=N1. The molecule has 0 aliphatic carbocycles. The summed E-state index contributed by atoms with van der Waals surface area (Å²) in [5, 5.41) is 14.5. The molecule has 98 valence electrons. The van der Waals surface area contributed by atoms with E-state index in [1.54, 1.807) is 16.8 Å². The Labute approximate surface area is 117 Å². The summed E-state index contributed by atoms with van der Waals surface area (Å²) in [6.45, 7) is 6.01. The van der Waals surface area contributed by atoms with Gasteiger partial charge >= 0.3 is 0 Å². The van der Waals surface area contributed by atoms with Gasteiger partial charge in [0.15, 0.2) is 5.92 Å². The second-order valence-corrected chi connectivity index (χ2v) is 5.90. The Hall–Kier alpha value is -1.86. The fourth-order valence-corrected chi connectivity index (χ4v) is 2.12. The Balaban J connectivity index is 2.49. The molecule has 2 rings (SSSR count). The van der Waals surface area contributed by atoms with Crippen LogP contribution in [0.15, 0.2) is 29.4 Å². The highest BCUT2D eigenvalue weighted by Gasteiger charge is 2.39. The average Bonchev–Trinajstić information content (AvgIpc) is 2.67. The molecule has 0 bridgehead atoms. The smallest absolute Gasteiger partial charge is 0.288 e. The van der Waals surface area contributed by atoms with Crippen molar-refractivity contribution in [2.75, 3.05) is 0 Å². The van der Waals surface area contributed by atoms with Crippen LogP contribution in [0, 0.1) is 17.2 Å². The van der Waals surface area contributed by atoms with Gasteiger partial charge in [-0.1, -0.05) is 28.8 Å². The third-order valence-electron chi connectivity index (χ3n) is 2.93. The second-order valence-electron chi connectivity index (χ2n) is 5.46. The van der Waals surface area contributed by atoms with E-state index in [0.29, 0.717) is 16.6 Å². The van der Waals surface area contributed by atoms with Crippen molar-refractivity contribution in [2.24, 2.45) is 16.8 Å². The zero-order valence-corrected chi connectivity index (χ0v) is 11.9. The van der Waals surface area contributed by atoms with Crippen LogP contribution in [0.2, 0.25) is 5.02 Å². The Bertz CT molecular complexity index is 600. The van der Waals surface area contributed by atoms with Gasteiger partial charge in [0.1, 0.15) is 11.3 Å². The molecule has 0 fully saturated rings. The van der Waals surface area contributed by atoms with Crippen molar-refractivity contribution >= 4 is 23.1 Å². The van der Waals surface area contributed by atoms with E-state index in [0.717, 1.165) is 5.56 Å². The van der Waals surface area contributed by atoms with Crippen molar-refractivity contribution < 1.29 is 4.68 Å². The van der Waals surface area contributed by atoms with Gasteiger partial charge in [0.2, 0.25) is 0 Å². The summed E-state index contributed by atoms with van der Waals surface area (Å²) in [6, 6.07) is 9.48. The fourth-order valence-electron chi connectivity index (χ4n) is 2.00. The second kappa shape index (κ2) is 4.67. The molecule has 0 aromatic heterocycles. The van der Waals surface area contributed by atoms with E-state index in [4.69, 9.17) is 17.3 Å². The standard InChI is InChI=1S/C14H15ClN4/c1-14(2,3)19-13(17)11(8-16)12(18-19)9-4-6-10(15)7-5-9/h4-7,11,17H,1-3H3/p+1/t11-/m0/s1. The Morgan fingerprint density at radius 3 is 2.37 bits per heavy atom. The van der Waals surface area contributed by atoms with E-state index in [1.165, 1.54) is 0 Å². The molecule has 5 heteroatoms. The molecular weight excluding hydrogens is 260 g/mol. The summed E-state index contributed by atoms with van der Waals surface area (Å²) in [4.78, 5) is 0. The van der Waals surface area contributed by atoms with E-state index in [1.807, 2.05) is 32.9 Å². The van der Waals surface area contributed by atoms with Gasteiger partial charge in [-0.05, 0) is 32.9 Å². The van der Waals surface area contributed by atoms with Crippen LogP contribution in [-0.4, -0.2) is 21.8 Å². The summed E-state index contributed by atoms with van der Waals surface area (Å²) >= 11 is 5.87. The van der Waals surface area contributed by atoms with Crippen LogP contribution in [0.1, 0.15) is 26.3 Å². The molecule has 0 unspecified atom stereocenters. The molecule has 0 radical (unpaired) electrons. The maximum atomic E-state index is 9.32. The van der Waals surface area contributed by atoms with Crippen molar-refractivity contribution in [3.63, 3.8) is 0 Å². The van der Waals surface area contributed by atoms with Gasteiger partial charge in [-0.15, -0.1) is 4.68 Å². The molecule has 1 aromatic rings. The Morgan fingerprint density at radius 2 is 1.89 bits per heavy atom. The molecule has 19 heavy (non-hydrogen) atoms. The summed E-state index contributed by atoms with van der Waals surface area (Å²) in [5.74, 6) is -0.0413. The van der Waals surface area contributed by atoms with Gasteiger partial charge in [0.25, 0.3) is 5.84 Å². The minimum atomic E-state index is -0.514. The average molecular weight is 276 g/mol. The number of nitriles is 1. The van der Waals surface area contributed by atoms with E-state index in [2.05, 4.69) is 11.2 Å². The van der Waals surface area contributed by atoms with Gasteiger partial charge in [-0.2, -0.15) is 5.26 Å². The number of nitrogens with two attached hydrogens (primary N) is 1. The Morgan fingerprint density at radius 1 is 1.32 bits per heavy atom. The number of amidine groups is 1. The van der Waals surface area contributed by atoms with E-state index in [9.17, 15) is 5.26 Å². The molecule has 0 saturated carbocycles. The van der Waals surface area contributed by atoms with Crippen LogP contribution in [0.3, 0.4) is 0 Å². The molecule has 0 spiro atoms. The highest BCUT2D eigenvalue weighted by atomic mass is 35.5. The van der Waals surface area contributed by atoms with E-state index < -0.39 is 5.92 Å². The molecule has 1 aliphatic heterocycles. The Kier molecular flexibility index (Phi) is 3.34. The van der Waals surface area contributed by atoms with Crippen molar-refractivity contribution in [1.82, 2.24) is 0 Å². The maximum Gasteiger partial charge on any atom is 0.292 e. The first-order valence-corrected chi connectivity index (χ1v) is 6.39. The van der Waals surface area contributed by atoms with Gasteiger partial charge in [-0.25, -0.2) is 0 Å². The van der Waals surface area contributed by atoms with Crippen molar-refractivity contribution in [1.29, 1.82) is 5.26 Å². The zero-order valence-electron chi connectivity index (χ0n) is 11.2. The first-order chi connectivity index (χ1) is 8.84. The predicted molar refractivity (Wildman–Crippen MR) is 76.3 cm³/mol. The van der Waals surface area contributed by atoms with Gasteiger partial charge in [0.05, 0.1) is 6.07 Å². The van der Waals surface area contributed by atoms with Crippen LogP contribution in [0.5, 0.6) is 0 Å². The number of rotatable bonds is 1. The zero-order chi connectivity index (χ0) is 14.2. The van der Waals surface area contributed by atoms with Crippen LogP contribution in [0.25, 0.3) is 0 Å². The third-order valence-corrected chi connectivity index (χ3v) is 3.18. The summed E-state index contributed by atoms with van der Waals surface area (Å²) in [5.41, 5.74) is 7.34. The molecule has 1 atom stereocenters. The number of hydrogen-bond acceptors (Lipinski definition) is 3. The third kappa shape index (κ3) is 2.47. The first-order valence-electron chi connectivity index (χ1n) is 6.01. The molecule has 4 nitrogen and oxygen atoms in total. The molecule has 1 aromatic carbocycles. The normalized spacial score (nSPS) is 19.3. The van der Waals surface area contributed by atoms with E-state index >= 15 is 0 Å². The highest BCUT2D eigenvalue weighted by molar-refractivity contribution is 6.30. The summed E-state index contributed by atoms with van der Waals surface area (Å²) in [6.07, 6.45) is 0. The van der Waals surface area contributed by atoms with Crippen LogP contribution < -0.4 is 5.73 Å². The minimum Gasteiger partial charge on any atom is -0.288 e. The number of benzene rings is 1. The lowest BCUT2D eigenvalue weighted by atomic mass is 9.97. The van der Waals surface area contributed by atoms with E-state index in [-0.39, 0.29) is 5.54 Å². The van der Waals surface area contributed by atoms with Gasteiger partial charge < -0.3 is 0 Å². The molecular formula is C14H16ClN4+. The highest BCUT2D eigenvalue weighted by Crippen LogP contribution is 2.22. The molecule has 1 heterocycles. The molecule has 2 N–H and O–H groups in total. The molecule has 1 aliphatic rings. The van der Waals surface area contributed by atoms with Gasteiger partial charge in [0, 0.05) is 10.6 Å². The lowest BCUT2D eigenvalue weighted by Crippen LogP contribution is -2.38. The van der Waals surface area contributed by atoms with Crippen molar-refractivity contribution in [2.45, 2.75) is 26.3 Å².